The summed E-state index contributed by atoms with van der Waals surface area (Å²) in [4.78, 5) is 20.9. The second-order valence-electron chi connectivity index (χ2n) is 2.49. The Morgan fingerprint density at radius 3 is 2.79 bits per heavy atom. The van der Waals surface area contributed by atoms with E-state index in [2.05, 4.69) is 0 Å². The summed E-state index contributed by atoms with van der Waals surface area (Å²) in [5, 5.41) is 18.7. The summed E-state index contributed by atoms with van der Waals surface area (Å²) in [5.41, 5.74) is 0.0201. The highest BCUT2D eigenvalue weighted by Gasteiger charge is 2.08. The van der Waals surface area contributed by atoms with Crippen LogP contribution in [0.15, 0.2) is 36.6 Å². The average molecular weight is 193 g/mol. The van der Waals surface area contributed by atoms with E-state index in [4.69, 9.17) is 5.11 Å². The molecule has 0 bridgehead atoms. The SMILES string of the molecule is O=C(C=CO)c1cccc([N+](=O)[O-])c1. The lowest BCUT2D eigenvalue weighted by molar-refractivity contribution is -0.384. The van der Waals surface area contributed by atoms with E-state index >= 15 is 0 Å². The van der Waals surface area contributed by atoms with Crippen molar-refractivity contribution in [3.05, 3.63) is 52.3 Å². The number of aliphatic hydroxyl groups is 1. The molecule has 1 N–H and O–H groups in total. The maximum absolute atomic E-state index is 11.2. The molecule has 1 aromatic rings. The summed E-state index contributed by atoms with van der Waals surface area (Å²) >= 11 is 0. The maximum atomic E-state index is 11.2. The predicted octanol–water partition coefficient (Wildman–Crippen LogP) is 1.85. The Morgan fingerprint density at radius 2 is 2.21 bits per heavy atom. The standard InChI is InChI=1S/C9H7NO4/c11-5-4-9(12)7-2-1-3-8(6-7)10(13)14/h1-6,11H. The van der Waals surface area contributed by atoms with Gasteiger partial charge >= 0.3 is 0 Å². The van der Waals surface area contributed by atoms with Gasteiger partial charge in [0.25, 0.3) is 5.69 Å². The zero-order valence-corrected chi connectivity index (χ0v) is 7.08. The van der Waals surface area contributed by atoms with Crippen LogP contribution in [0, 0.1) is 10.1 Å². The number of benzene rings is 1. The van der Waals surface area contributed by atoms with Crippen molar-refractivity contribution in [2.45, 2.75) is 0 Å². The van der Waals surface area contributed by atoms with Gasteiger partial charge in [-0.15, -0.1) is 0 Å². The third kappa shape index (κ3) is 2.16. The fourth-order valence-corrected chi connectivity index (χ4v) is 0.937. The Morgan fingerprint density at radius 1 is 1.50 bits per heavy atom. The summed E-state index contributed by atoms with van der Waals surface area (Å²) in [6, 6.07) is 5.30. The minimum atomic E-state index is -0.584. The molecule has 5 heteroatoms. The Labute approximate surface area is 79.4 Å². The zero-order valence-electron chi connectivity index (χ0n) is 7.08. The van der Waals surface area contributed by atoms with Crippen molar-refractivity contribution in [2.24, 2.45) is 0 Å². The molecule has 0 aliphatic rings. The molecular weight excluding hydrogens is 186 g/mol. The predicted molar refractivity (Wildman–Crippen MR) is 49.2 cm³/mol. The van der Waals surface area contributed by atoms with E-state index in [9.17, 15) is 14.9 Å². The molecule has 0 fully saturated rings. The number of hydrogen-bond donors (Lipinski definition) is 1. The van der Waals surface area contributed by atoms with Crippen LogP contribution < -0.4 is 0 Å². The van der Waals surface area contributed by atoms with Gasteiger partial charge in [-0.25, -0.2) is 0 Å². The van der Waals surface area contributed by atoms with Crippen molar-refractivity contribution < 1.29 is 14.8 Å². The van der Waals surface area contributed by atoms with Crippen molar-refractivity contribution in [3.63, 3.8) is 0 Å². The molecule has 0 saturated carbocycles. The van der Waals surface area contributed by atoms with Crippen molar-refractivity contribution in [3.8, 4) is 0 Å². The highest BCUT2D eigenvalue weighted by atomic mass is 16.6. The number of allylic oxidation sites excluding steroid dienone is 1. The maximum Gasteiger partial charge on any atom is 0.270 e. The third-order valence-corrected chi connectivity index (χ3v) is 1.57. The average Bonchev–Trinajstić information content (AvgIpc) is 2.18. The van der Waals surface area contributed by atoms with Gasteiger partial charge in [0.2, 0.25) is 0 Å². The first-order chi connectivity index (χ1) is 6.65. The smallest absolute Gasteiger partial charge is 0.270 e. The zero-order chi connectivity index (χ0) is 10.6. The monoisotopic (exact) mass is 193 g/mol. The molecule has 0 amide bonds. The van der Waals surface area contributed by atoms with E-state index in [0.717, 1.165) is 12.1 Å². The van der Waals surface area contributed by atoms with Gasteiger partial charge < -0.3 is 5.11 Å². The fourth-order valence-electron chi connectivity index (χ4n) is 0.937. The van der Waals surface area contributed by atoms with E-state index in [-0.39, 0.29) is 11.3 Å². The van der Waals surface area contributed by atoms with Gasteiger partial charge in [0.15, 0.2) is 5.78 Å². The number of carbonyl (C=O) groups is 1. The molecule has 0 aromatic heterocycles. The number of hydrogen-bond acceptors (Lipinski definition) is 4. The fraction of sp³-hybridized carbons (Fsp3) is 0. The normalized spacial score (nSPS) is 10.3. The van der Waals surface area contributed by atoms with Crippen LogP contribution in [-0.2, 0) is 0 Å². The van der Waals surface area contributed by atoms with Gasteiger partial charge in [0.05, 0.1) is 11.2 Å². The van der Waals surface area contributed by atoms with Gasteiger partial charge in [0.1, 0.15) is 0 Å². The highest BCUT2D eigenvalue weighted by molar-refractivity contribution is 6.04. The number of ketones is 1. The van der Waals surface area contributed by atoms with Gasteiger partial charge in [-0.05, 0) is 0 Å². The lowest BCUT2D eigenvalue weighted by atomic mass is 10.1. The molecule has 0 saturated heterocycles. The number of nitro groups is 1. The van der Waals surface area contributed by atoms with Crippen LogP contribution in [0.3, 0.4) is 0 Å². The van der Waals surface area contributed by atoms with Crippen LogP contribution in [0.2, 0.25) is 0 Å². The van der Waals surface area contributed by atoms with Crippen molar-refractivity contribution in [1.82, 2.24) is 0 Å². The molecule has 1 aromatic carbocycles. The Hall–Kier alpha value is -2.17. The topological polar surface area (TPSA) is 80.4 Å². The van der Waals surface area contributed by atoms with Crippen LogP contribution >= 0.6 is 0 Å². The molecule has 0 unspecified atom stereocenters. The highest BCUT2D eigenvalue weighted by Crippen LogP contribution is 2.13. The molecule has 14 heavy (non-hydrogen) atoms. The summed E-state index contributed by atoms with van der Waals surface area (Å²) in [6.45, 7) is 0. The van der Waals surface area contributed by atoms with Crippen LogP contribution in [-0.4, -0.2) is 15.8 Å². The number of non-ortho nitro benzene ring substituents is 1. The first-order valence-corrected chi connectivity index (χ1v) is 3.74. The molecule has 5 nitrogen and oxygen atoms in total. The number of carbonyl (C=O) groups excluding carboxylic acids is 1. The van der Waals surface area contributed by atoms with Gasteiger partial charge in [0, 0.05) is 23.8 Å². The van der Waals surface area contributed by atoms with Crippen LogP contribution in [0.5, 0.6) is 0 Å². The molecular formula is C9H7NO4. The minimum Gasteiger partial charge on any atom is -0.515 e. The van der Waals surface area contributed by atoms with Gasteiger partial charge in [-0.3, -0.25) is 14.9 Å². The Bertz CT molecular complexity index is 398. The molecule has 0 aliphatic carbocycles. The molecule has 0 atom stereocenters. The lowest BCUT2D eigenvalue weighted by Gasteiger charge is -1.94. The Kier molecular flexibility index (Phi) is 2.96. The van der Waals surface area contributed by atoms with E-state index in [1.807, 2.05) is 0 Å². The molecule has 72 valence electrons. The summed E-state index contributed by atoms with van der Waals surface area (Å²) in [6.07, 6.45) is 1.53. The van der Waals surface area contributed by atoms with Crippen molar-refractivity contribution >= 4 is 11.5 Å². The largest absolute Gasteiger partial charge is 0.515 e. The second-order valence-corrected chi connectivity index (χ2v) is 2.49. The van der Waals surface area contributed by atoms with Crippen LogP contribution in [0.4, 0.5) is 5.69 Å². The van der Waals surface area contributed by atoms with E-state index in [0.29, 0.717) is 6.26 Å². The van der Waals surface area contributed by atoms with Gasteiger partial charge in [-0.2, -0.15) is 0 Å². The second kappa shape index (κ2) is 4.18. The minimum absolute atomic E-state index is 0.151. The summed E-state index contributed by atoms with van der Waals surface area (Å²) in [5.74, 6) is -0.476. The molecule has 0 radical (unpaired) electrons. The number of nitro benzene ring substituents is 1. The van der Waals surface area contributed by atoms with E-state index < -0.39 is 10.7 Å². The van der Waals surface area contributed by atoms with E-state index in [1.54, 1.807) is 0 Å². The lowest BCUT2D eigenvalue weighted by Crippen LogP contribution is -1.96. The Balaban J connectivity index is 3.05. The van der Waals surface area contributed by atoms with Gasteiger partial charge in [-0.1, -0.05) is 12.1 Å². The van der Waals surface area contributed by atoms with Crippen molar-refractivity contribution in [1.29, 1.82) is 0 Å². The number of aliphatic hydroxyl groups excluding tert-OH is 1. The van der Waals surface area contributed by atoms with Crippen molar-refractivity contribution in [2.75, 3.05) is 0 Å². The molecule has 0 aliphatic heterocycles. The number of rotatable bonds is 3. The summed E-state index contributed by atoms with van der Waals surface area (Å²) in [7, 11) is 0. The molecule has 1 rings (SSSR count). The summed E-state index contributed by atoms with van der Waals surface area (Å²) < 4.78 is 0. The first kappa shape index (κ1) is 9.91. The number of nitrogens with zero attached hydrogens (tertiary/aromatic N) is 1. The third-order valence-electron chi connectivity index (χ3n) is 1.57. The van der Waals surface area contributed by atoms with Crippen LogP contribution in [0.25, 0.3) is 0 Å². The molecule has 0 heterocycles. The quantitative estimate of drug-likeness (QED) is 0.261. The first-order valence-electron chi connectivity index (χ1n) is 3.74. The van der Waals surface area contributed by atoms with Crippen LogP contribution in [0.1, 0.15) is 10.4 Å². The van der Waals surface area contributed by atoms with E-state index in [1.165, 1.54) is 18.2 Å². The molecule has 0 spiro atoms.